The molecule has 39 heavy (non-hydrogen) atoms. The molecule has 2 aliphatic heterocycles. The Balaban J connectivity index is 1.14. The maximum atomic E-state index is 12.5. The van der Waals surface area contributed by atoms with Gasteiger partial charge in [-0.05, 0) is 43.3 Å². The van der Waals surface area contributed by atoms with E-state index in [0.717, 1.165) is 48.9 Å². The van der Waals surface area contributed by atoms with Gasteiger partial charge >= 0.3 is 12.1 Å². The maximum Gasteiger partial charge on any atom is 0.414 e. The number of rotatable bonds is 8. The molecule has 0 bridgehead atoms. The van der Waals surface area contributed by atoms with E-state index in [9.17, 15) is 9.59 Å². The topological polar surface area (TPSA) is 109 Å². The largest absolute Gasteiger partial charge is 0.481 e. The molecular formula is C28H32N6O5. The number of hydrogen-bond donors (Lipinski definition) is 1. The van der Waals surface area contributed by atoms with Crippen LogP contribution in [0.2, 0.25) is 0 Å². The minimum Gasteiger partial charge on any atom is -0.481 e. The molecule has 2 aromatic carbocycles. The van der Waals surface area contributed by atoms with Crippen LogP contribution in [0.3, 0.4) is 0 Å². The van der Waals surface area contributed by atoms with Gasteiger partial charge in [-0.1, -0.05) is 17.7 Å². The fourth-order valence-corrected chi connectivity index (χ4v) is 4.64. The van der Waals surface area contributed by atoms with E-state index in [0.29, 0.717) is 18.0 Å². The molecule has 3 heterocycles. The van der Waals surface area contributed by atoms with Gasteiger partial charge in [0.15, 0.2) is 0 Å². The lowest BCUT2D eigenvalue weighted by atomic mass is 10.1. The van der Waals surface area contributed by atoms with Crippen molar-refractivity contribution in [2.75, 3.05) is 68.2 Å². The molecule has 0 unspecified atom stereocenters. The normalized spacial score (nSPS) is 17.2. The lowest BCUT2D eigenvalue weighted by Gasteiger charge is -2.36. The zero-order valence-electron chi connectivity index (χ0n) is 22.3. The van der Waals surface area contributed by atoms with Crippen LogP contribution in [-0.2, 0) is 4.74 Å². The number of carbonyl (C=O) groups is 2. The highest BCUT2D eigenvalue weighted by Gasteiger charge is 2.32. The molecule has 2 saturated heterocycles. The molecule has 3 aromatic rings. The number of ether oxygens (including phenoxy) is 3. The Kier molecular flexibility index (Phi) is 7.67. The first-order chi connectivity index (χ1) is 18.9. The van der Waals surface area contributed by atoms with Crippen LogP contribution in [0.25, 0.3) is 0 Å². The maximum absolute atomic E-state index is 12.5. The van der Waals surface area contributed by atoms with Crippen molar-refractivity contribution in [2.45, 2.75) is 13.0 Å². The Morgan fingerprint density at radius 2 is 1.62 bits per heavy atom. The lowest BCUT2D eigenvalue weighted by molar-refractivity contribution is 0.0916. The third kappa shape index (κ3) is 5.97. The van der Waals surface area contributed by atoms with Crippen LogP contribution in [-0.4, -0.2) is 81.6 Å². The summed E-state index contributed by atoms with van der Waals surface area (Å²) in [4.78, 5) is 39.6. The van der Waals surface area contributed by atoms with Crippen LogP contribution in [0.4, 0.5) is 22.0 Å². The second kappa shape index (κ2) is 11.5. The number of aryl methyl sites for hydroxylation is 1. The van der Waals surface area contributed by atoms with Crippen molar-refractivity contribution in [3.05, 3.63) is 65.7 Å². The number of methoxy groups -OCH3 is 2. The molecule has 5 rings (SSSR count). The second-order valence-corrected chi connectivity index (χ2v) is 9.44. The van der Waals surface area contributed by atoms with Crippen LogP contribution in [0, 0.1) is 6.92 Å². The summed E-state index contributed by atoms with van der Waals surface area (Å²) in [6, 6.07) is 17.3. The zero-order chi connectivity index (χ0) is 27.4. The van der Waals surface area contributed by atoms with Crippen LogP contribution < -0.4 is 29.5 Å². The Labute approximate surface area is 227 Å². The zero-order valence-corrected chi connectivity index (χ0v) is 22.3. The second-order valence-electron chi connectivity index (χ2n) is 9.44. The highest BCUT2D eigenvalue weighted by Crippen LogP contribution is 2.27. The number of hydrogen-bond acceptors (Lipinski definition) is 9. The molecule has 11 nitrogen and oxygen atoms in total. The molecule has 2 amide bonds. The third-order valence-electron chi connectivity index (χ3n) is 6.87. The monoisotopic (exact) mass is 532 g/mol. The number of anilines is 3. The summed E-state index contributed by atoms with van der Waals surface area (Å²) >= 11 is 0. The number of nitrogens with one attached hydrogen (secondary N) is 1. The number of cyclic esters (lactones) is 1. The molecule has 1 atom stereocenters. The smallest absolute Gasteiger partial charge is 0.414 e. The van der Waals surface area contributed by atoms with Gasteiger partial charge in [-0.2, -0.15) is 9.97 Å². The summed E-state index contributed by atoms with van der Waals surface area (Å²) in [5, 5.41) is 2.86. The van der Waals surface area contributed by atoms with E-state index in [2.05, 4.69) is 25.1 Å². The van der Waals surface area contributed by atoms with E-state index in [1.807, 2.05) is 49.4 Å². The van der Waals surface area contributed by atoms with Gasteiger partial charge in [-0.15, -0.1) is 0 Å². The number of nitrogens with zero attached hydrogens (tertiary/aromatic N) is 5. The Morgan fingerprint density at radius 3 is 2.28 bits per heavy atom. The molecule has 0 radical (unpaired) electrons. The summed E-state index contributed by atoms with van der Waals surface area (Å²) in [5.41, 5.74) is 3.50. The lowest BCUT2D eigenvalue weighted by Crippen LogP contribution is -2.46. The van der Waals surface area contributed by atoms with Crippen LogP contribution in [0.1, 0.15) is 15.9 Å². The number of carbonyl (C=O) groups excluding carboxylic acids is 2. The summed E-state index contributed by atoms with van der Waals surface area (Å²) in [7, 11) is 3.10. The summed E-state index contributed by atoms with van der Waals surface area (Å²) in [6.45, 7) is 5.76. The van der Waals surface area contributed by atoms with Gasteiger partial charge < -0.3 is 29.3 Å². The summed E-state index contributed by atoms with van der Waals surface area (Å²) in [6.07, 6.45) is -0.833. The number of amides is 2. The van der Waals surface area contributed by atoms with E-state index in [4.69, 9.17) is 14.2 Å². The van der Waals surface area contributed by atoms with Crippen molar-refractivity contribution in [1.29, 1.82) is 0 Å². The van der Waals surface area contributed by atoms with Crippen molar-refractivity contribution in [3.63, 3.8) is 0 Å². The van der Waals surface area contributed by atoms with Crippen molar-refractivity contribution in [1.82, 2.24) is 15.3 Å². The van der Waals surface area contributed by atoms with Gasteiger partial charge in [0.05, 0.1) is 27.3 Å². The van der Waals surface area contributed by atoms with Gasteiger partial charge in [0.25, 0.3) is 5.91 Å². The molecule has 0 spiro atoms. The quantitative estimate of drug-likeness (QED) is 0.468. The Morgan fingerprint density at radius 1 is 0.949 bits per heavy atom. The van der Waals surface area contributed by atoms with Crippen molar-refractivity contribution in [3.8, 4) is 11.9 Å². The average Bonchev–Trinajstić information content (AvgIpc) is 3.36. The highest BCUT2D eigenvalue weighted by atomic mass is 16.6. The molecule has 2 aliphatic rings. The van der Waals surface area contributed by atoms with Crippen molar-refractivity contribution in [2.24, 2.45) is 0 Å². The SMILES string of the molecule is COc1cc(N2CCN(c3ccc(N4C[C@H](CNC(=O)c5ccc(C)cc5)OC4=O)cc3)CC2)nc(OC)n1. The standard InChI is InChI=1S/C28H32N6O5/c1-19-4-6-20(7-5-19)26(35)29-17-23-18-34(28(36)39-23)22-10-8-21(9-11-22)32-12-14-33(15-13-32)24-16-25(37-2)31-27(30-24)38-3/h4-11,16,23H,12-15,17-18H2,1-3H3,(H,29,35)/t23-/m0/s1. The first-order valence-corrected chi connectivity index (χ1v) is 12.8. The average molecular weight is 533 g/mol. The molecule has 0 saturated carbocycles. The predicted molar refractivity (Wildman–Crippen MR) is 147 cm³/mol. The summed E-state index contributed by atoms with van der Waals surface area (Å²) in [5.74, 6) is 1.05. The summed E-state index contributed by atoms with van der Waals surface area (Å²) < 4.78 is 16.0. The number of aromatic nitrogens is 2. The van der Waals surface area contributed by atoms with E-state index in [1.165, 1.54) is 7.11 Å². The van der Waals surface area contributed by atoms with E-state index < -0.39 is 12.2 Å². The molecule has 11 heteroatoms. The van der Waals surface area contributed by atoms with Gasteiger partial charge in [-0.3, -0.25) is 9.69 Å². The van der Waals surface area contributed by atoms with Gasteiger partial charge in [0.1, 0.15) is 11.9 Å². The molecule has 2 fully saturated rings. The Hall–Kier alpha value is -4.54. The fourth-order valence-electron chi connectivity index (χ4n) is 4.64. The van der Waals surface area contributed by atoms with E-state index in [1.54, 1.807) is 24.1 Å². The van der Waals surface area contributed by atoms with E-state index in [-0.39, 0.29) is 18.5 Å². The molecule has 204 valence electrons. The molecule has 0 aliphatic carbocycles. The van der Waals surface area contributed by atoms with Gasteiger partial charge in [-0.25, -0.2) is 4.79 Å². The highest BCUT2D eigenvalue weighted by molar-refractivity contribution is 5.94. The van der Waals surface area contributed by atoms with Gasteiger partial charge in [0.2, 0.25) is 5.88 Å². The number of piperazine rings is 1. The molecule has 1 aromatic heterocycles. The van der Waals surface area contributed by atoms with E-state index >= 15 is 0 Å². The van der Waals surface area contributed by atoms with Crippen molar-refractivity contribution < 1.29 is 23.8 Å². The first kappa shape index (κ1) is 26.1. The third-order valence-corrected chi connectivity index (χ3v) is 6.87. The molecule has 1 N–H and O–H groups in total. The van der Waals surface area contributed by atoms with Gasteiger partial charge in [0, 0.05) is 49.2 Å². The predicted octanol–water partition coefficient (Wildman–Crippen LogP) is 2.88. The van der Waals surface area contributed by atoms with Crippen molar-refractivity contribution >= 4 is 29.2 Å². The number of benzene rings is 2. The molecular weight excluding hydrogens is 500 g/mol. The first-order valence-electron chi connectivity index (χ1n) is 12.8. The van der Waals surface area contributed by atoms with Crippen LogP contribution >= 0.6 is 0 Å². The minimum absolute atomic E-state index is 0.188. The van der Waals surface area contributed by atoms with Crippen LogP contribution in [0.5, 0.6) is 11.9 Å². The fraction of sp³-hybridized carbons (Fsp3) is 0.357. The van der Waals surface area contributed by atoms with Crippen LogP contribution in [0.15, 0.2) is 54.6 Å². The Bertz CT molecular complexity index is 1290. The minimum atomic E-state index is -0.418.